The number of rotatable bonds is 3. The van der Waals surface area contributed by atoms with E-state index in [0.29, 0.717) is 0 Å². The van der Waals surface area contributed by atoms with Crippen LogP contribution in [0.2, 0.25) is 0 Å². The molecule has 0 unspecified atom stereocenters. The Morgan fingerprint density at radius 2 is 1.64 bits per heavy atom. The molecule has 2 N–H and O–H groups in total. The molecular weight excluding hydrogens is 274 g/mol. The summed E-state index contributed by atoms with van der Waals surface area (Å²) in [4.78, 5) is 17.1. The van der Waals surface area contributed by atoms with Gasteiger partial charge in [-0.25, -0.2) is 0 Å². The van der Waals surface area contributed by atoms with Gasteiger partial charge in [-0.3, -0.25) is 9.69 Å². The van der Waals surface area contributed by atoms with Gasteiger partial charge in [-0.2, -0.15) is 0 Å². The van der Waals surface area contributed by atoms with Gasteiger partial charge in [0.1, 0.15) is 0 Å². The summed E-state index contributed by atoms with van der Waals surface area (Å²) in [6, 6.07) is 10.5. The van der Waals surface area contributed by atoms with Gasteiger partial charge in [-0.1, -0.05) is 49.6 Å². The average molecular weight is 301 g/mol. The van der Waals surface area contributed by atoms with E-state index in [1.807, 2.05) is 11.0 Å². The second kappa shape index (κ2) is 6.80. The van der Waals surface area contributed by atoms with Crippen molar-refractivity contribution in [1.29, 1.82) is 0 Å². The van der Waals surface area contributed by atoms with Gasteiger partial charge in [0.2, 0.25) is 5.91 Å². The number of hydrogen-bond acceptors (Lipinski definition) is 3. The highest BCUT2D eigenvalue weighted by Crippen LogP contribution is 2.28. The molecule has 1 aromatic rings. The zero-order valence-corrected chi connectivity index (χ0v) is 13.3. The van der Waals surface area contributed by atoms with Gasteiger partial charge < -0.3 is 10.6 Å². The molecule has 1 aliphatic carbocycles. The van der Waals surface area contributed by atoms with Crippen molar-refractivity contribution in [3.63, 3.8) is 0 Å². The number of nitrogens with two attached hydrogens (primary N) is 1. The number of carbonyl (C=O) groups excluding carboxylic acids is 1. The highest BCUT2D eigenvalue weighted by molar-refractivity contribution is 5.86. The summed E-state index contributed by atoms with van der Waals surface area (Å²) >= 11 is 0. The molecule has 2 fully saturated rings. The Balaban J connectivity index is 1.52. The van der Waals surface area contributed by atoms with Crippen molar-refractivity contribution in [3.05, 3.63) is 35.9 Å². The molecule has 1 aliphatic heterocycles. The molecule has 2 aliphatic rings. The average Bonchev–Trinajstić information content (AvgIpc) is 2.56. The predicted molar refractivity (Wildman–Crippen MR) is 88.3 cm³/mol. The van der Waals surface area contributed by atoms with Crippen LogP contribution in [-0.4, -0.2) is 47.4 Å². The number of benzene rings is 1. The number of amides is 1. The smallest absolute Gasteiger partial charge is 0.242 e. The molecule has 1 saturated heterocycles. The largest absolute Gasteiger partial charge is 0.339 e. The summed E-state index contributed by atoms with van der Waals surface area (Å²) < 4.78 is 0. The Morgan fingerprint density at radius 1 is 1.00 bits per heavy atom. The molecule has 22 heavy (non-hydrogen) atoms. The molecule has 0 atom stereocenters. The standard InChI is InChI=1S/C18H27N3O/c19-18(9-5-2-6-10-18)17(22)21-13-11-20(12-14-21)15-16-7-3-1-4-8-16/h1,3-4,7-8H,2,5-6,9-15,19H2. The van der Waals surface area contributed by atoms with Crippen molar-refractivity contribution in [3.8, 4) is 0 Å². The molecular formula is C18H27N3O. The molecule has 0 radical (unpaired) electrons. The van der Waals surface area contributed by atoms with E-state index >= 15 is 0 Å². The predicted octanol–water partition coefficient (Wildman–Crippen LogP) is 1.99. The molecule has 1 amide bonds. The Morgan fingerprint density at radius 3 is 2.27 bits per heavy atom. The van der Waals surface area contributed by atoms with E-state index in [9.17, 15) is 4.79 Å². The molecule has 0 bridgehead atoms. The van der Waals surface area contributed by atoms with Crippen molar-refractivity contribution in [2.45, 2.75) is 44.2 Å². The summed E-state index contributed by atoms with van der Waals surface area (Å²) in [6.45, 7) is 4.47. The third-order valence-electron chi connectivity index (χ3n) is 5.08. The first-order valence-electron chi connectivity index (χ1n) is 8.52. The summed E-state index contributed by atoms with van der Waals surface area (Å²) in [7, 11) is 0. The minimum Gasteiger partial charge on any atom is -0.339 e. The van der Waals surface area contributed by atoms with Crippen LogP contribution in [-0.2, 0) is 11.3 Å². The van der Waals surface area contributed by atoms with E-state index < -0.39 is 5.54 Å². The van der Waals surface area contributed by atoms with Gasteiger partial charge in [-0.05, 0) is 18.4 Å². The van der Waals surface area contributed by atoms with E-state index in [1.165, 1.54) is 12.0 Å². The lowest BCUT2D eigenvalue weighted by molar-refractivity contribution is -0.140. The van der Waals surface area contributed by atoms with Crippen LogP contribution >= 0.6 is 0 Å². The minimum absolute atomic E-state index is 0.187. The van der Waals surface area contributed by atoms with Crippen LogP contribution in [0.15, 0.2) is 30.3 Å². The number of hydrogen-bond donors (Lipinski definition) is 1. The molecule has 3 rings (SSSR count). The maximum absolute atomic E-state index is 12.7. The van der Waals surface area contributed by atoms with E-state index in [4.69, 9.17) is 5.73 Å². The van der Waals surface area contributed by atoms with Crippen LogP contribution in [0.4, 0.5) is 0 Å². The molecule has 1 heterocycles. The quantitative estimate of drug-likeness (QED) is 0.929. The second-order valence-corrected chi connectivity index (χ2v) is 6.77. The first-order chi connectivity index (χ1) is 10.7. The summed E-state index contributed by atoms with van der Waals surface area (Å²) in [5, 5.41) is 0. The van der Waals surface area contributed by atoms with E-state index in [-0.39, 0.29) is 5.91 Å². The molecule has 120 valence electrons. The van der Waals surface area contributed by atoms with E-state index in [1.54, 1.807) is 0 Å². The molecule has 0 aromatic heterocycles. The van der Waals surface area contributed by atoms with Crippen LogP contribution in [0.3, 0.4) is 0 Å². The first-order valence-corrected chi connectivity index (χ1v) is 8.52. The van der Waals surface area contributed by atoms with Crippen molar-refractivity contribution >= 4 is 5.91 Å². The second-order valence-electron chi connectivity index (χ2n) is 6.77. The molecule has 1 aromatic carbocycles. The summed E-state index contributed by atoms with van der Waals surface area (Å²) in [5.41, 5.74) is 7.14. The van der Waals surface area contributed by atoms with Gasteiger partial charge in [-0.15, -0.1) is 0 Å². The summed E-state index contributed by atoms with van der Waals surface area (Å²) in [6.07, 6.45) is 5.12. The number of carbonyl (C=O) groups is 1. The van der Waals surface area contributed by atoms with Crippen LogP contribution < -0.4 is 5.73 Å². The lowest BCUT2D eigenvalue weighted by Crippen LogP contribution is -2.60. The van der Waals surface area contributed by atoms with Gasteiger partial charge in [0.15, 0.2) is 0 Å². The lowest BCUT2D eigenvalue weighted by Gasteiger charge is -2.41. The van der Waals surface area contributed by atoms with Crippen LogP contribution in [0.5, 0.6) is 0 Å². The Labute approximate surface area is 133 Å². The zero-order chi connectivity index (χ0) is 15.4. The first kappa shape index (κ1) is 15.5. The Hall–Kier alpha value is -1.39. The molecule has 4 heteroatoms. The van der Waals surface area contributed by atoms with Crippen LogP contribution in [0, 0.1) is 0 Å². The number of nitrogens with zero attached hydrogens (tertiary/aromatic N) is 2. The SMILES string of the molecule is NC1(C(=O)N2CCN(Cc3ccccc3)CC2)CCCCC1. The lowest BCUT2D eigenvalue weighted by atomic mass is 9.81. The van der Waals surface area contributed by atoms with E-state index in [2.05, 4.69) is 29.2 Å². The fourth-order valence-electron chi connectivity index (χ4n) is 3.66. The third-order valence-corrected chi connectivity index (χ3v) is 5.08. The van der Waals surface area contributed by atoms with Crippen molar-refractivity contribution in [1.82, 2.24) is 9.80 Å². The Kier molecular flexibility index (Phi) is 4.79. The van der Waals surface area contributed by atoms with E-state index in [0.717, 1.165) is 58.4 Å². The normalized spacial score (nSPS) is 22.5. The van der Waals surface area contributed by atoms with Gasteiger partial charge in [0.05, 0.1) is 5.54 Å². The van der Waals surface area contributed by atoms with Crippen molar-refractivity contribution in [2.24, 2.45) is 5.73 Å². The third kappa shape index (κ3) is 3.50. The van der Waals surface area contributed by atoms with Gasteiger partial charge >= 0.3 is 0 Å². The topological polar surface area (TPSA) is 49.6 Å². The fourth-order valence-corrected chi connectivity index (χ4v) is 3.66. The van der Waals surface area contributed by atoms with Crippen molar-refractivity contribution < 1.29 is 4.79 Å². The Bertz CT molecular complexity index is 488. The molecule has 4 nitrogen and oxygen atoms in total. The van der Waals surface area contributed by atoms with Crippen LogP contribution in [0.1, 0.15) is 37.7 Å². The zero-order valence-electron chi connectivity index (χ0n) is 13.3. The van der Waals surface area contributed by atoms with Crippen molar-refractivity contribution in [2.75, 3.05) is 26.2 Å². The monoisotopic (exact) mass is 301 g/mol. The maximum atomic E-state index is 12.7. The van der Waals surface area contributed by atoms with Gasteiger partial charge in [0, 0.05) is 32.7 Å². The molecule has 1 saturated carbocycles. The van der Waals surface area contributed by atoms with Gasteiger partial charge in [0.25, 0.3) is 0 Å². The van der Waals surface area contributed by atoms with Crippen LogP contribution in [0.25, 0.3) is 0 Å². The highest BCUT2D eigenvalue weighted by atomic mass is 16.2. The fraction of sp³-hybridized carbons (Fsp3) is 0.611. The maximum Gasteiger partial charge on any atom is 0.242 e. The highest BCUT2D eigenvalue weighted by Gasteiger charge is 2.39. The minimum atomic E-state index is -0.583. The number of piperazine rings is 1. The summed E-state index contributed by atoms with van der Waals surface area (Å²) in [5.74, 6) is 0.187. The molecule has 0 spiro atoms.